The Morgan fingerprint density at radius 3 is 2.90 bits per heavy atom. The van der Waals surface area contributed by atoms with E-state index in [1.165, 1.54) is 18.7 Å². The Balaban J connectivity index is 1.89. The quantitative estimate of drug-likeness (QED) is 0.881. The van der Waals surface area contributed by atoms with Crippen molar-refractivity contribution in [2.75, 3.05) is 13.7 Å². The van der Waals surface area contributed by atoms with Crippen LogP contribution in [0.4, 0.5) is 4.39 Å². The van der Waals surface area contributed by atoms with Gasteiger partial charge in [0.15, 0.2) is 11.6 Å². The molecule has 2 rings (SSSR count). The van der Waals surface area contributed by atoms with Gasteiger partial charge in [-0.2, -0.15) is 5.10 Å². The Bertz CT molecular complexity index is 568. The smallest absolute Gasteiger partial charge is 0.165 e. The van der Waals surface area contributed by atoms with E-state index in [4.69, 9.17) is 4.74 Å². The molecule has 5 heteroatoms. The van der Waals surface area contributed by atoms with Gasteiger partial charge in [-0.15, -0.1) is 0 Å². The van der Waals surface area contributed by atoms with Gasteiger partial charge in [0.2, 0.25) is 0 Å². The normalized spacial score (nSPS) is 12.4. The summed E-state index contributed by atoms with van der Waals surface area (Å²) in [6.45, 7) is 2.89. The molecule has 1 N–H and O–H groups in total. The fourth-order valence-corrected chi connectivity index (χ4v) is 2.10. The van der Waals surface area contributed by atoms with Gasteiger partial charge in [0.25, 0.3) is 0 Å². The summed E-state index contributed by atoms with van der Waals surface area (Å²) >= 11 is 0. The third-order valence-corrected chi connectivity index (χ3v) is 3.30. The third kappa shape index (κ3) is 3.57. The first kappa shape index (κ1) is 14.5. The van der Waals surface area contributed by atoms with E-state index in [9.17, 15) is 4.39 Å². The van der Waals surface area contributed by atoms with Gasteiger partial charge in [-0.25, -0.2) is 4.39 Å². The van der Waals surface area contributed by atoms with Crippen LogP contribution in [0.1, 0.15) is 24.1 Å². The number of nitrogens with one attached hydrogen (secondary N) is 1. The summed E-state index contributed by atoms with van der Waals surface area (Å²) in [6, 6.07) is 5.09. The lowest BCUT2D eigenvalue weighted by Gasteiger charge is -2.15. The van der Waals surface area contributed by atoms with Gasteiger partial charge < -0.3 is 10.1 Å². The van der Waals surface area contributed by atoms with E-state index >= 15 is 0 Å². The topological polar surface area (TPSA) is 39.1 Å². The molecule has 0 amide bonds. The Labute approximate surface area is 118 Å². The fraction of sp³-hybridized carbons (Fsp3) is 0.400. The first-order chi connectivity index (χ1) is 9.60. The minimum Gasteiger partial charge on any atom is -0.494 e. The van der Waals surface area contributed by atoms with Crippen LogP contribution in [0.2, 0.25) is 0 Å². The summed E-state index contributed by atoms with van der Waals surface area (Å²) < 4.78 is 20.1. The van der Waals surface area contributed by atoms with E-state index < -0.39 is 0 Å². The van der Waals surface area contributed by atoms with Crippen LogP contribution in [0.15, 0.2) is 30.6 Å². The summed E-state index contributed by atoms with van der Waals surface area (Å²) in [5.41, 5.74) is 2.21. The van der Waals surface area contributed by atoms with Gasteiger partial charge >= 0.3 is 0 Å². The molecule has 0 aliphatic heterocycles. The second kappa shape index (κ2) is 6.52. The molecule has 1 aromatic heterocycles. The lowest BCUT2D eigenvalue weighted by molar-refractivity contribution is 0.385. The lowest BCUT2D eigenvalue weighted by Crippen LogP contribution is -2.21. The van der Waals surface area contributed by atoms with Crippen molar-refractivity contribution in [1.82, 2.24) is 15.1 Å². The minimum absolute atomic E-state index is 0.140. The molecule has 1 unspecified atom stereocenters. The number of nitrogens with zero attached hydrogens (tertiary/aromatic N) is 2. The van der Waals surface area contributed by atoms with Crippen molar-refractivity contribution >= 4 is 0 Å². The Morgan fingerprint density at radius 1 is 1.45 bits per heavy atom. The van der Waals surface area contributed by atoms with Crippen LogP contribution in [0.25, 0.3) is 0 Å². The Hall–Kier alpha value is -1.88. The van der Waals surface area contributed by atoms with Crippen LogP contribution in [-0.2, 0) is 13.5 Å². The second-order valence-electron chi connectivity index (χ2n) is 4.84. The van der Waals surface area contributed by atoms with Crippen LogP contribution in [0.3, 0.4) is 0 Å². The zero-order valence-corrected chi connectivity index (χ0v) is 12.1. The highest BCUT2D eigenvalue weighted by Crippen LogP contribution is 2.22. The maximum atomic E-state index is 13.4. The van der Waals surface area contributed by atoms with Crippen molar-refractivity contribution < 1.29 is 9.13 Å². The van der Waals surface area contributed by atoms with Gasteiger partial charge in [0, 0.05) is 19.3 Å². The molecule has 0 bridgehead atoms. The molecule has 0 aliphatic carbocycles. The molecule has 20 heavy (non-hydrogen) atoms. The summed E-state index contributed by atoms with van der Waals surface area (Å²) in [7, 11) is 3.38. The fourth-order valence-electron chi connectivity index (χ4n) is 2.10. The number of aromatic nitrogens is 2. The summed E-state index contributed by atoms with van der Waals surface area (Å²) in [4.78, 5) is 0. The van der Waals surface area contributed by atoms with Gasteiger partial charge in [-0.05, 0) is 43.1 Å². The number of ether oxygens (including phenoxy) is 1. The van der Waals surface area contributed by atoms with Crippen LogP contribution in [0.5, 0.6) is 5.75 Å². The minimum atomic E-state index is -0.334. The molecule has 2 aromatic rings. The highest BCUT2D eigenvalue weighted by Gasteiger charge is 2.09. The van der Waals surface area contributed by atoms with Gasteiger partial charge in [-0.1, -0.05) is 6.07 Å². The van der Waals surface area contributed by atoms with Crippen LogP contribution in [-0.4, -0.2) is 23.4 Å². The van der Waals surface area contributed by atoms with E-state index in [0.29, 0.717) is 0 Å². The monoisotopic (exact) mass is 277 g/mol. The van der Waals surface area contributed by atoms with E-state index in [2.05, 4.69) is 17.3 Å². The number of benzene rings is 1. The van der Waals surface area contributed by atoms with Crippen molar-refractivity contribution in [3.05, 3.63) is 47.5 Å². The number of rotatable bonds is 6. The van der Waals surface area contributed by atoms with Crippen LogP contribution >= 0.6 is 0 Å². The number of hydrogen-bond donors (Lipinski definition) is 1. The standard InChI is InChI=1S/C15H20FN3O/c1-11(13-4-5-14(16)15(8-13)20-3)17-7-6-12-9-18-19(2)10-12/h4-5,8-11,17H,6-7H2,1-3H3. The maximum Gasteiger partial charge on any atom is 0.165 e. The van der Waals surface area contributed by atoms with E-state index in [1.807, 2.05) is 19.4 Å². The SMILES string of the molecule is COc1cc(C(C)NCCc2cnn(C)c2)ccc1F. The van der Waals surface area contributed by atoms with E-state index in [-0.39, 0.29) is 17.6 Å². The van der Waals surface area contributed by atoms with Crippen LogP contribution in [0, 0.1) is 5.82 Å². The molecule has 0 saturated heterocycles. The van der Waals surface area contributed by atoms with Gasteiger partial charge in [0.1, 0.15) is 0 Å². The van der Waals surface area contributed by atoms with Gasteiger partial charge in [-0.3, -0.25) is 4.68 Å². The zero-order chi connectivity index (χ0) is 14.5. The molecule has 0 aliphatic rings. The molecular weight excluding hydrogens is 257 g/mol. The maximum absolute atomic E-state index is 13.4. The average Bonchev–Trinajstić information content (AvgIpc) is 2.85. The summed E-state index contributed by atoms with van der Waals surface area (Å²) in [5.74, 6) is -0.0535. The molecule has 0 saturated carbocycles. The molecule has 1 aromatic carbocycles. The van der Waals surface area contributed by atoms with Gasteiger partial charge in [0.05, 0.1) is 13.3 Å². The van der Waals surface area contributed by atoms with E-state index in [1.54, 1.807) is 16.8 Å². The number of aryl methyl sites for hydroxylation is 1. The van der Waals surface area contributed by atoms with E-state index in [0.717, 1.165) is 18.5 Å². The van der Waals surface area contributed by atoms with Crippen molar-refractivity contribution in [3.8, 4) is 5.75 Å². The number of halogens is 1. The molecule has 1 heterocycles. The summed E-state index contributed by atoms with van der Waals surface area (Å²) in [6.07, 6.45) is 4.79. The Kier molecular flexibility index (Phi) is 4.74. The molecule has 0 spiro atoms. The predicted molar refractivity (Wildman–Crippen MR) is 76.3 cm³/mol. The zero-order valence-electron chi connectivity index (χ0n) is 12.1. The predicted octanol–water partition coefficient (Wildman–Crippen LogP) is 2.46. The second-order valence-corrected chi connectivity index (χ2v) is 4.84. The van der Waals surface area contributed by atoms with Crippen molar-refractivity contribution in [3.63, 3.8) is 0 Å². The third-order valence-electron chi connectivity index (χ3n) is 3.30. The molecule has 0 radical (unpaired) electrons. The Morgan fingerprint density at radius 2 is 2.25 bits per heavy atom. The highest BCUT2D eigenvalue weighted by atomic mass is 19.1. The number of methoxy groups -OCH3 is 1. The molecule has 108 valence electrons. The molecule has 1 atom stereocenters. The molecule has 0 fully saturated rings. The highest BCUT2D eigenvalue weighted by molar-refractivity contribution is 5.31. The van der Waals surface area contributed by atoms with Crippen molar-refractivity contribution in [2.45, 2.75) is 19.4 Å². The molecule has 4 nitrogen and oxygen atoms in total. The van der Waals surface area contributed by atoms with Crippen molar-refractivity contribution in [1.29, 1.82) is 0 Å². The average molecular weight is 277 g/mol. The largest absolute Gasteiger partial charge is 0.494 e. The summed E-state index contributed by atoms with van der Waals surface area (Å²) in [5, 5.41) is 7.55. The number of hydrogen-bond acceptors (Lipinski definition) is 3. The first-order valence-electron chi connectivity index (χ1n) is 6.64. The molecular formula is C15H20FN3O. The first-order valence-corrected chi connectivity index (χ1v) is 6.64. The van der Waals surface area contributed by atoms with Crippen molar-refractivity contribution in [2.24, 2.45) is 7.05 Å². The van der Waals surface area contributed by atoms with Crippen LogP contribution < -0.4 is 10.1 Å². The lowest BCUT2D eigenvalue weighted by atomic mass is 10.1.